The van der Waals surface area contributed by atoms with Crippen LogP contribution in [0.5, 0.6) is 5.75 Å². The number of likely N-dealkylation sites (tertiary alicyclic amines) is 1. The molecule has 1 aliphatic rings. The van der Waals surface area contributed by atoms with Crippen molar-refractivity contribution in [1.82, 2.24) is 4.90 Å². The molecule has 0 saturated carbocycles. The van der Waals surface area contributed by atoms with Crippen molar-refractivity contribution in [2.45, 2.75) is 26.8 Å². The minimum Gasteiger partial charge on any atom is -0.494 e. The molecule has 2 rings (SSSR count). The van der Waals surface area contributed by atoms with Crippen LogP contribution in [-0.4, -0.2) is 31.1 Å². The van der Waals surface area contributed by atoms with E-state index in [9.17, 15) is 0 Å². The van der Waals surface area contributed by atoms with Gasteiger partial charge in [-0.3, -0.25) is 0 Å². The third kappa shape index (κ3) is 4.22. The summed E-state index contributed by atoms with van der Waals surface area (Å²) in [5.41, 5.74) is 6.71. The first kappa shape index (κ1) is 14.4. The summed E-state index contributed by atoms with van der Waals surface area (Å²) in [6, 6.07) is 8.06. The molecular formula is C16H26N2O. The predicted molar refractivity (Wildman–Crippen MR) is 79.2 cm³/mol. The molecule has 0 bridgehead atoms. The van der Waals surface area contributed by atoms with Gasteiger partial charge < -0.3 is 15.4 Å². The lowest BCUT2D eigenvalue weighted by molar-refractivity contribution is 0.258. The van der Waals surface area contributed by atoms with Crippen molar-refractivity contribution in [3.63, 3.8) is 0 Å². The van der Waals surface area contributed by atoms with Gasteiger partial charge in [0.1, 0.15) is 5.75 Å². The normalized spacial score (nSPS) is 23.7. The monoisotopic (exact) mass is 262 g/mol. The minimum absolute atomic E-state index is 0.589. The highest BCUT2D eigenvalue weighted by Crippen LogP contribution is 2.22. The molecule has 106 valence electrons. The van der Waals surface area contributed by atoms with Gasteiger partial charge in [-0.25, -0.2) is 0 Å². The molecule has 1 saturated heterocycles. The van der Waals surface area contributed by atoms with Gasteiger partial charge in [-0.2, -0.15) is 0 Å². The lowest BCUT2D eigenvalue weighted by Crippen LogP contribution is -2.23. The molecule has 0 radical (unpaired) electrons. The summed E-state index contributed by atoms with van der Waals surface area (Å²) in [6.45, 7) is 9.71. The first-order valence-corrected chi connectivity index (χ1v) is 7.33. The van der Waals surface area contributed by atoms with Gasteiger partial charge in [0.25, 0.3) is 0 Å². The van der Waals surface area contributed by atoms with E-state index in [0.29, 0.717) is 6.54 Å². The number of ether oxygens (including phenoxy) is 1. The molecular weight excluding hydrogens is 236 g/mol. The van der Waals surface area contributed by atoms with E-state index in [1.807, 2.05) is 24.3 Å². The Morgan fingerprint density at radius 1 is 1.16 bits per heavy atom. The average Bonchev–Trinajstić information content (AvgIpc) is 2.74. The van der Waals surface area contributed by atoms with Gasteiger partial charge in [0.2, 0.25) is 0 Å². The van der Waals surface area contributed by atoms with E-state index in [1.54, 1.807) is 0 Å². The van der Waals surface area contributed by atoms with Gasteiger partial charge in [-0.1, -0.05) is 26.0 Å². The molecule has 2 atom stereocenters. The third-order valence-electron chi connectivity index (χ3n) is 4.11. The Bertz CT molecular complexity index is 367. The van der Waals surface area contributed by atoms with Crippen molar-refractivity contribution in [3.05, 3.63) is 29.8 Å². The second kappa shape index (κ2) is 6.92. The van der Waals surface area contributed by atoms with Crippen LogP contribution in [0.1, 0.15) is 25.8 Å². The fraction of sp³-hybridized carbons (Fsp3) is 0.625. The SMILES string of the molecule is CC1CN(CCCOc2ccc(CN)cc2)CC1C. The molecule has 0 spiro atoms. The van der Waals surface area contributed by atoms with Gasteiger partial charge in [-0.05, 0) is 36.0 Å². The topological polar surface area (TPSA) is 38.5 Å². The summed E-state index contributed by atoms with van der Waals surface area (Å²) < 4.78 is 5.75. The maximum Gasteiger partial charge on any atom is 0.119 e. The van der Waals surface area contributed by atoms with Crippen LogP contribution < -0.4 is 10.5 Å². The van der Waals surface area contributed by atoms with Crippen molar-refractivity contribution in [2.75, 3.05) is 26.2 Å². The van der Waals surface area contributed by atoms with Crippen LogP contribution in [0, 0.1) is 11.8 Å². The standard InChI is InChI=1S/C16H26N2O/c1-13-11-18(12-14(13)2)8-3-9-19-16-6-4-15(10-17)5-7-16/h4-7,13-14H,3,8-12,17H2,1-2H3. The molecule has 1 fully saturated rings. The number of benzene rings is 1. The average molecular weight is 262 g/mol. The Labute approximate surface area is 116 Å². The molecule has 1 heterocycles. The van der Waals surface area contributed by atoms with Crippen molar-refractivity contribution in [2.24, 2.45) is 17.6 Å². The van der Waals surface area contributed by atoms with Crippen LogP contribution in [-0.2, 0) is 6.54 Å². The maximum atomic E-state index is 5.75. The van der Waals surface area contributed by atoms with Crippen LogP contribution in [0.3, 0.4) is 0 Å². The number of nitrogens with zero attached hydrogens (tertiary/aromatic N) is 1. The highest BCUT2D eigenvalue weighted by Gasteiger charge is 2.25. The molecule has 1 aliphatic heterocycles. The second-order valence-electron chi connectivity index (χ2n) is 5.76. The number of nitrogens with two attached hydrogens (primary N) is 1. The van der Waals surface area contributed by atoms with Crippen molar-refractivity contribution in [3.8, 4) is 5.75 Å². The van der Waals surface area contributed by atoms with Crippen molar-refractivity contribution < 1.29 is 4.74 Å². The largest absolute Gasteiger partial charge is 0.494 e. The first-order valence-electron chi connectivity index (χ1n) is 7.33. The molecule has 19 heavy (non-hydrogen) atoms. The van der Waals surface area contributed by atoms with E-state index in [4.69, 9.17) is 10.5 Å². The van der Waals surface area contributed by atoms with Gasteiger partial charge in [0, 0.05) is 26.2 Å². The Hall–Kier alpha value is -1.06. The Morgan fingerprint density at radius 3 is 2.37 bits per heavy atom. The molecule has 2 N–H and O–H groups in total. The zero-order chi connectivity index (χ0) is 13.7. The van der Waals surface area contributed by atoms with Crippen LogP contribution in [0.25, 0.3) is 0 Å². The Morgan fingerprint density at radius 2 is 1.79 bits per heavy atom. The fourth-order valence-electron chi connectivity index (χ4n) is 2.63. The van der Waals surface area contributed by atoms with E-state index in [1.165, 1.54) is 13.1 Å². The van der Waals surface area contributed by atoms with E-state index in [-0.39, 0.29) is 0 Å². The first-order chi connectivity index (χ1) is 9.19. The zero-order valence-electron chi connectivity index (χ0n) is 12.1. The van der Waals surface area contributed by atoms with Crippen LogP contribution >= 0.6 is 0 Å². The second-order valence-corrected chi connectivity index (χ2v) is 5.76. The van der Waals surface area contributed by atoms with Crippen LogP contribution in [0.2, 0.25) is 0 Å². The summed E-state index contributed by atoms with van der Waals surface area (Å²) in [4.78, 5) is 2.55. The molecule has 0 aliphatic carbocycles. The summed E-state index contributed by atoms with van der Waals surface area (Å²) in [6.07, 6.45) is 1.10. The van der Waals surface area contributed by atoms with E-state index < -0.39 is 0 Å². The zero-order valence-corrected chi connectivity index (χ0v) is 12.1. The Kier molecular flexibility index (Phi) is 5.23. The lowest BCUT2D eigenvalue weighted by atomic mass is 10.0. The summed E-state index contributed by atoms with van der Waals surface area (Å²) >= 11 is 0. The minimum atomic E-state index is 0.589. The fourth-order valence-corrected chi connectivity index (χ4v) is 2.63. The lowest BCUT2D eigenvalue weighted by Gasteiger charge is -2.15. The van der Waals surface area contributed by atoms with Gasteiger partial charge >= 0.3 is 0 Å². The molecule has 0 aromatic heterocycles. The predicted octanol–water partition coefficient (Wildman–Crippen LogP) is 2.50. The molecule has 3 nitrogen and oxygen atoms in total. The van der Waals surface area contributed by atoms with Gasteiger partial charge in [-0.15, -0.1) is 0 Å². The molecule has 3 heteroatoms. The summed E-state index contributed by atoms with van der Waals surface area (Å²) in [7, 11) is 0. The van der Waals surface area contributed by atoms with Crippen molar-refractivity contribution >= 4 is 0 Å². The smallest absolute Gasteiger partial charge is 0.119 e. The molecule has 2 unspecified atom stereocenters. The molecule has 0 amide bonds. The maximum absolute atomic E-state index is 5.75. The van der Waals surface area contributed by atoms with Crippen LogP contribution in [0.15, 0.2) is 24.3 Å². The highest BCUT2D eigenvalue weighted by molar-refractivity contribution is 5.26. The van der Waals surface area contributed by atoms with E-state index >= 15 is 0 Å². The van der Waals surface area contributed by atoms with Crippen LogP contribution in [0.4, 0.5) is 0 Å². The van der Waals surface area contributed by atoms with E-state index in [0.717, 1.165) is 42.7 Å². The summed E-state index contributed by atoms with van der Waals surface area (Å²) in [5.74, 6) is 2.62. The number of rotatable bonds is 6. The Balaban J connectivity index is 1.64. The van der Waals surface area contributed by atoms with Gasteiger partial charge in [0.05, 0.1) is 6.61 Å². The third-order valence-corrected chi connectivity index (χ3v) is 4.11. The number of hydrogen-bond donors (Lipinski definition) is 1. The van der Waals surface area contributed by atoms with Crippen molar-refractivity contribution in [1.29, 1.82) is 0 Å². The van der Waals surface area contributed by atoms with Gasteiger partial charge in [0.15, 0.2) is 0 Å². The molecule has 1 aromatic carbocycles. The highest BCUT2D eigenvalue weighted by atomic mass is 16.5. The molecule has 1 aromatic rings. The number of hydrogen-bond acceptors (Lipinski definition) is 3. The van der Waals surface area contributed by atoms with E-state index in [2.05, 4.69) is 18.7 Å². The summed E-state index contributed by atoms with van der Waals surface area (Å²) in [5, 5.41) is 0. The quantitative estimate of drug-likeness (QED) is 0.801.